The molecule has 0 fully saturated rings. The Labute approximate surface area is 132 Å². The second-order valence-electron chi connectivity index (χ2n) is 5.01. The first-order valence-electron chi connectivity index (χ1n) is 6.65. The summed E-state index contributed by atoms with van der Waals surface area (Å²) in [6.07, 6.45) is 0. The minimum absolute atomic E-state index is 0.00162. The Morgan fingerprint density at radius 1 is 1.17 bits per heavy atom. The van der Waals surface area contributed by atoms with Gasteiger partial charge in [-0.3, -0.25) is 4.72 Å². The largest absolute Gasteiger partial charge is 0.491 e. The van der Waals surface area contributed by atoms with Crippen molar-refractivity contribution < 1.29 is 28.0 Å². The number of benzene rings is 2. The second kappa shape index (κ2) is 5.69. The first kappa shape index (κ1) is 15.5. The van der Waals surface area contributed by atoms with Crippen LogP contribution in [0.15, 0.2) is 47.4 Å². The molecule has 9 heteroatoms. The van der Waals surface area contributed by atoms with Crippen LogP contribution in [-0.4, -0.2) is 31.6 Å². The molecule has 0 aliphatic carbocycles. The number of sulfonamides is 1. The second-order valence-corrected chi connectivity index (χ2v) is 6.69. The van der Waals surface area contributed by atoms with Gasteiger partial charge in [0, 0.05) is 5.69 Å². The van der Waals surface area contributed by atoms with Crippen molar-refractivity contribution in [3.8, 4) is 0 Å². The summed E-state index contributed by atoms with van der Waals surface area (Å²) in [7, 11) is -4.92. The van der Waals surface area contributed by atoms with E-state index < -0.39 is 23.1 Å². The van der Waals surface area contributed by atoms with E-state index in [1.807, 2.05) is 0 Å². The number of anilines is 1. The van der Waals surface area contributed by atoms with Crippen molar-refractivity contribution >= 4 is 34.3 Å². The predicted molar refractivity (Wildman–Crippen MR) is 83.0 cm³/mol. The zero-order valence-corrected chi connectivity index (χ0v) is 12.6. The summed E-state index contributed by atoms with van der Waals surface area (Å²) in [5, 5.41) is 18.5. The zero-order valence-electron chi connectivity index (χ0n) is 11.8. The van der Waals surface area contributed by atoms with Gasteiger partial charge in [0.25, 0.3) is 10.0 Å². The van der Waals surface area contributed by atoms with Crippen molar-refractivity contribution in [3.63, 3.8) is 0 Å². The summed E-state index contributed by atoms with van der Waals surface area (Å²) in [5.74, 6) is -1.13. The average molecular weight is 333 g/mol. The molecule has 1 heterocycles. The van der Waals surface area contributed by atoms with Crippen LogP contribution in [0.25, 0.3) is 0 Å². The molecule has 1 aliphatic rings. The first-order valence-corrected chi connectivity index (χ1v) is 8.14. The molecule has 23 heavy (non-hydrogen) atoms. The van der Waals surface area contributed by atoms with E-state index in [4.69, 9.17) is 9.76 Å². The van der Waals surface area contributed by atoms with Gasteiger partial charge in [0.05, 0.1) is 17.1 Å². The number of nitrogens with one attached hydrogen (secondary N) is 1. The van der Waals surface area contributed by atoms with E-state index in [-0.39, 0.29) is 22.8 Å². The normalized spacial score (nSPS) is 13.7. The molecule has 0 saturated carbocycles. The maximum absolute atomic E-state index is 12.3. The SMILES string of the molecule is O=C(O)c1ccc(S(=O)(=O)Nc2ccc3c(c2)B(O)OC3)cc1. The molecule has 0 bridgehead atoms. The van der Waals surface area contributed by atoms with Crippen molar-refractivity contribution in [2.75, 3.05) is 4.72 Å². The van der Waals surface area contributed by atoms with Crippen molar-refractivity contribution in [2.45, 2.75) is 11.5 Å². The van der Waals surface area contributed by atoms with Gasteiger partial charge in [-0.05, 0) is 47.4 Å². The highest BCUT2D eigenvalue weighted by molar-refractivity contribution is 7.92. The summed E-state index contributed by atoms with van der Waals surface area (Å²) in [5.41, 5.74) is 1.61. The van der Waals surface area contributed by atoms with Gasteiger partial charge in [0.15, 0.2) is 0 Å². The smallest absolute Gasteiger partial charge is 0.478 e. The fourth-order valence-corrected chi connectivity index (χ4v) is 3.32. The van der Waals surface area contributed by atoms with Gasteiger partial charge in [-0.25, -0.2) is 13.2 Å². The standard InChI is InChI=1S/C14H12BNO6S/c17-14(18)9-2-5-12(6-3-9)23(20,21)16-11-4-1-10-8-22-15(19)13(10)7-11/h1-7,16,19H,8H2,(H,17,18). The molecule has 118 valence electrons. The number of fused-ring (bicyclic) bond motifs is 1. The molecule has 0 amide bonds. The topological polar surface area (TPSA) is 113 Å². The van der Waals surface area contributed by atoms with Crippen molar-refractivity contribution in [3.05, 3.63) is 53.6 Å². The zero-order chi connectivity index (χ0) is 16.6. The quantitative estimate of drug-likeness (QED) is 0.698. The third-order valence-corrected chi connectivity index (χ3v) is 4.87. The highest BCUT2D eigenvalue weighted by atomic mass is 32.2. The van der Waals surface area contributed by atoms with Crippen LogP contribution in [-0.2, 0) is 21.3 Å². The fraction of sp³-hybridized carbons (Fsp3) is 0.0714. The summed E-state index contributed by atoms with van der Waals surface area (Å²) in [6.45, 7) is 0.278. The Balaban J connectivity index is 1.86. The van der Waals surface area contributed by atoms with E-state index in [9.17, 15) is 18.2 Å². The van der Waals surface area contributed by atoms with Crippen LogP contribution in [0, 0.1) is 0 Å². The lowest BCUT2D eigenvalue weighted by molar-refractivity contribution is 0.0696. The van der Waals surface area contributed by atoms with E-state index in [1.165, 1.54) is 30.3 Å². The minimum Gasteiger partial charge on any atom is -0.478 e. The number of hydrogen-bond acceptors (Lipinski definition) is 5. The summed E-state index contributed by atoms with van der Waals surface area (Å²) in [6, 6.07) is 9.64. The lowest BCUT2D eigenvalue weighted by Gasteiger charge is -2.09. The van der Waals surface area contributed by atoms with E-state index >= 15 is 0 Å². The monoisotopic (exact) mass is 333 g/mol. The molecule has 0 saturated heterocycles. The van der Waals surface area contributed by atoms with E-state index in [1.54, 1.807) is 12.1 Å². The van der Waals surface area contributed by atoms with Crippen molar-refractivity contribution in [1.29, 1.82) is 0 Å². The molecule has 0 aromatic heterocycles. The fourth-order valence-electron chi connectivity index (χ4n) is 2.27. The van der Waals surface area contributed by atoms with E-state index in [2.05, 4.69) is 4.72 Å². The Morgan fingerprint density at radius 2 is 1.87 bits per heavy atom. The van der Waals surface area contributed by atoms with E-state index in [0.29, 0.717) is 5.46 Å². The lowest BCUT2D eigenvalue weighted by Crippen LogP contribution is -2.28. The van der Waals surface area contributed by atoms with Crippen LogP contribution < -0.4 is 10.2 Å². The first-order chi connectivity index (χ1) is 10.9. The number of carbonyl (C=O) groups is 1. The summed E-state index contributed by atoms with van der Waals surface area (Å²) < 4.78 is 32.1. The minimum atomic E-state index is -3.86. The van der Waals surface area contributed by atoms with Crippen LogP contribution in [0.3, 0.4) is 0 Å². The van der Waals surface area contributed by atoms with E-state index in [0.717, 1.165) is 5.56 Å². The molecule has 1 aliphatic heterocycles. The molecule has 3 N–H and O–H groups in total. The van der Waals surface area contributed by atoms with Gasteiger partial charge in [-0.15, -0.1) is 0 Å². The summed E-state index contributed by atoms with van der Waals surface area (Å²) in [4.78, 5) is 10.7. The molecular formula is C14H12BNO6S. The lowest BCUT2D eigenvalue weighted by atomic mass is 9.79. The molecular weight excluding hydrogens is 321 g/mol. The van der Waals surface area contributed by atoms with Crippen LogP contribution in [0.4, 0.5) is 5.69 Å². The number of rotatable bonds is 4. The van der Waals surface area contributed by atoms with Crippen molar-refractivity contribution in [2.24, 2.45) is 0 Å². The van der Waals surface area contributed by atoms with Gasteiger partial charge in [-0.2, -0.15) is 0 Å². The molecule has 0 spiro atoms. The van der Waals surface area contributed by atoms with Gasteiger partial charge < -0.3 is 14.8 Å². The molecule has 2 aromatic carbocycles. The molecule has 2 aromatic rings. The number of carboxylic acids is 1. The predicted octanol–water partition coefficient (Wildman–Crippen LogP) is 0.403. The van der Waals surface area contributed by atoms with Gasteiger partial charge in [-0.1, -0.05) is 6.07 Å². The highest BCUT2D eigenvalue weighted by Crippen LogP contribution is 2.19. The van der Waals surface area contributed by atoms with Gasteiger partial charge >= 0.3 is 13.1 Å². The van der Waals surface area contributed by atoms with Crippen LogP contribution in [0.2, 0.25) is 0 Å². The molecule has 0 radical (unpaired) electrons. The van der Waals surface area contributed by atoms with Gasteiger partial charge in [0.2, 0.25) is 0 Å². The Hall–Kier alpha value is -2.36. The average Bonchev–Trinajstić information content (AvgIpc) is 2.88. The van der Waals surface area contributed by atoms with Gasteiger partial charge in [0.1, 0.15) is 0 Å². The summed E-state index contributed by atoms with van der Waals surface area (Å²) >= 11 is 0. The number of hydrogen-bond donors (Lipinski definition) is 3. The van der Waals surface area contributed by atoms with Crippen LogP contribution >= 0.6 is 0 Å². The maximum atomic E-state index is 12.3. The van der Waals surface area contributed by atoms with Crippen LogP contribution in [0.5, 0.6) is 0 Å². The Bertz CT molecular complexity index is 865. The van der Waals surface area contributed by atoms with Crippen molar-refractivity contribution in [1.82, 2.24) is 0 Å². The highest BCUT2D eigenvalue weighted by Gasteiger charge is 2.27. The maximum Gasteiger partial charge on any atom is 0.491 e. The third kappa shape index (κ3) is 3.07. The molecule has 0 atom stereocenters. The molecule has 0 unspecified atom stereocenters. The molecule has 3 rings (SSSR count). The Kier molecular flexibility index (Phi) is 3.84. The van der Waals surface area contributed by atoms with Crippen LogP contribution in [0.1, 0.15) is 15.9 Å². The number of carboxylic acid groups (broad SMARTS) is 1. The molecule has 7 nitrogen and oxygen atoms in total. The Morgan fingerprint density at radius 3 is 2.52 bits per heavy atom. The number of aromatic carboxylic acids is 1. The third-order valence-electron chi connectivity index (χ3n) is 3.47.